The van der Waals surface area contributed by atoms with Gasteiger partial charge in [0.1, 0.15) is 0 Å². The highest BCUT2D eigenvalue weighted by Gasteiger charge is 2.27. The molecule has 5 heteroatoms. The van der Waals surface area contributed by atoms with Gasteiger partial charge in [-0.1, -0.05) is 17.7 Å². The molecule has 1 aromatic carbocycles. The summed E-state index contributed by atoms with van der Waals surface area (Å²) in [6.07, 6.45) is 1.67. The Hall–Kier alpha value is -1.52. The summed E-state index contributed by atoms with van der Waals surface area (Å²) in [6, 6.07) is 5.32. The summed E-state index contributed by atoms with van der Waals surface area (Å²) in [5.74, 6) is 0.776. The van der Waals surface area contributed by atoms with Gasteiger partial charge in [-0.2, -0.15) is 0 Å². The van der Waals surface area contributed by atoms with Gasteiger partial charge in [-0.3, -0.25) is 4.79 Å². The third-order valence-corrected chi connectivity index (χ3v) is 3.45. The van der Waals surface area contributed by atoms with Crippen molar-refractivity contribution < 1.29 is 9.53 Å². The molecule has 2 aliphatic rings. The summed E-state index contributed by atoms with van der Waals surface area (Å²) < 4.78 is 5.72. The van der Waals surface area contributed by atoms with Crippen molar-refractivity contribution in [1.29, 1.82) is 0 Å². The number of amides is 1. The number of nitrogens with one attached hydrogen (secondary N) is 2. The molecule has 18 heavy (non-hydrogen) atoms. The number of carbonyl (C=O) groups excluding carboxylic acids is 1. The number of piperidine rings is 1. The van der Waals surface area contributed by atoms with Crippen molar-refractivity contribution in [1.82, 2.24) is 5.32 Å². The first kappa shape index (κ1) is 11.6. The average Bonchev–Trinajstić information content (AvgIpc) is 2.39. The van der Waals surface area contributed by atoms with E-state index in [1.54, 1.807) is 18.2 Å². The molecule has 2 heterocycles. The number of para-hydroxylation sites is 1. The molecule has 94 valence electrons. The minimum Gasteiger partial charge on any atom is -0.448 e. The molecule has 0 radical (unpaired) electrons. The van der Waals surface area contributed by atoms with Crippen molar-refractivity contribution in [3.8, 4) is 5.75 Å². The van der Waals surface area contributed by atoms with Gasteiger partial charge in [-0.15, -0.1) is 0 Å². The third kappa shape index (κ3) is 1.98. The molecule has 0 bridgehead atoms. The lowest BCUT2D eigenvalue weighted by Gasteiger charge is -2.25. The molecule has 1 saturated heterocycles. The quantitative estimate of drug-likeness (QED) is 0.707. The van der Waals surface area contributed by atoms with E-state index in [2.05, 4.69) is 10.6 Å². The highest BCUT2D eigenvalue weighted by atomic mass is 35.5. The standard InChI is InChI=1S/C13H13ClN2O2/c14-9-2-1-3-10-12(9)18-11(13(17)16-10)8-4-6-15-7-5-8/h1-3,15H,4-7H2,(H,16,17). The maximum atomic E-state index is 12.0. The largest absolute Gasteiger partial charge is 0.448 e. The number of halogens is 1. The molecule has 0 saturated carbocycles. The van der Waals surface area contributed by atoms with Crippen LogP contribution >= 0.6 is 11.6 Å². The second-order valence-electron chi connectivity index (χ2n) is 4.36. The number of rotatable bonds is 0. The topological polar surface area (TPSA) is 50.4 Å². The van der Waals surface area contributed by atoms with E-state index in [0.717, 1.165) is 31.5 Å². The molecule has 0 aromatic heterocycles. The van der Waals surface area contributed by atoms with Gasteiger partial charge < -0.3 is 15.4 Å². The maximum absolute atomic E-state index is 12.0. The summed E-state index contributed by atoms with van der Waals surface area (Å²) >= 11 is 6.08. The van der Waals surface area contributed by atoms with E-state index in [1.807, 2.05) is 0 Å². The van der Waals surface area contributed by atoms with Gasteiger partial charge in [0.25, 0.3) is 5.91 Å². The Bertz CT molecular complexity index is 532. The first-order valence-corrected chi connectivity index (χ1v) is 6.34. The minimum atomic E-state index is -0.179. The highest BCUT2D eigenvalue weighted by molar-refractivity contribution is 6.33. The van der Waals surface area contributed by atoms with Gasteiger partial charge >= 0.3 is 0 Å². The summed E-state index contributed by atoms with van der Waals surface area (Å²) in [4.78, 5) is 12.0. The summed E-state index contributed by atoms with van der Waals surface area (Å²) in [7, 11) is 0. The summed E-state index contributed by atoms with van der Waals surface area (Å²) in [5, 5.41) is 6.59. The first-order chi connectivity index (χ1) is 8.75. The highest BCUT2D eigenvalue weighted by Crippen LogP contribution is 2.38. The molecule has 3 rings (SSSR count). The Morgan fingerprint density at radius 2 is 2.00 bits per heavy atom. The van der Waals surface area contributed by atoms with Crippen LogP contribution in [0.3, 0.4) is 0 Å². The van der Waals surface area contributed by atoms with Crippen molar-refractivity contribution in [2.45, 2.75) is 12.8 Å². The van der Waals surface area contributed by atoms with E-state index in [1.165, 1.54) is 0 Å². The lowest BCUT2D eigenvalue weighted by molar-refractivity contribution is -0.115. The fourth-order valence-corrected chi connectivity index (χ4v) is 2.44. The lowest BCUT2D eigenvalue weighted by atomic mass is 10.0. The summed E-state index contributed by atoms with van der Waals surface area (Å²) in [6.45, 7) is 1.76. The van der Waals surface area contributed by atoms with E-state index in [0.29, 0.717) is 22.2 Å². The van der Waals surface area contributed by atoms with Crippen LogP contribution in [0.15, 0.2) is 29.5 Å². The third-order valence-electron chi connectivity index (χ3n) is 3.15. The Labute approximate surface area is 110 Å². The van der Waals surface area contributed by atoms with E-state index in [9.17, 15) is 4.79 Å². The van der Waals surface area contributed by atoms with E-state index in [-0.39, 0.29) is 5.91 Å². The predicted octanol–water partition coefficient (Wildman–Crippen LogP) is 2.31. The van der Waals surface area contributed by atoms with Crippen LogP contribution in [0, 0.1) is 0 Å². The van der Waals surface area contributed by atoms with Crippen molar-refractivity contribution in [2.24, 2.45) is 0 Å². The lowest BCUT2D eigenvalue weighted by Crippen LogP contribution is -2.30. The molecular weight excluding hydrogens is 252 g/mol. The number of hydrogen-bond donors (Lipinski definition) is 2. The van der Waals surface area contributed by atoms with Gasteiger partial charge in [-0.05, 0) is 43.6 Å². The van der Waals surface area contributed by atoms with Gasteiger partial charge in [0.15, 0.2) is 11.5 Å². The fraction of sp³-hybridized carbons (Fsp3) is 0.308. The van der Waals surface area contributed by atoms with Gasteiger partial charge in [0.05, 0.1) is 10.7 Å². The smallest absolute Gasteiger partial charge is 0.291 e. The monoisotopic (exact) mass is 264 g/mol. The number of ether oxygens (including phenoxy) is 1. The average molecular weight is 265 g/mol. The molecule has 2 N–H and O–H groups in total. The second kappa shape index (κ2) is 4.63. The molecule has 1 amide bonds. The molecule has 4 nitrogen and oxygen atoms in total. The Balaban J connectivity index is 2.00. The predicted molar refractivity (Wildman–Crippen MR) is 69.8 cm³/mol. The van der Waals surface area contributed by atoms with Crippen LogP contribution in [0.4, 0.5) is 5.69 Å². The Kier molecular flexibility index (Phi) is 2.97. The molecule has 1 fully saturated rings. The van der Waals surface area contributed by atoms with Crippen LogP contribution in [0.25, 0.3) is 0 Å². The van der Waals surface area contributed by atoms with Crippen LogP contribution < -0.4 is 15.4 Å². The van der Waals surface area contributed by atoms with Crippen molar-refractivity contribution in [3.05, 3.63) is 34.6 Å². The normalized spacial score (nSPS) is 19.1. The van der Waals surface area contributed by atoms with Crippen molar-refractivity contribution in [3.63, 3.8) is 0 Å². The number of fused-ring (bicyclic) bond motifs is 1. The Morgan fingerprint density at radius 3 is 2.78 bits per heavy atom. The van der Waals surface area contributed by atoms with Crippen LogP contribution in [0.5, 0.6) is 5.75 Å². The van der Waals surface area contributed by atoms with Crippen LogP contribution in [-0.2, 0) is 4.79 Å². The molecule has 0 atom stereocenters. The Morgan fingerprint density at radius 1 is 1.22 bits per heavy atom. The van der Waals surface area contributed by atoms with Gasteiger partial charge in [0, 0.05) is 0 Å². The van der Waals surface area contributed by atoms with Crippen LogP contribution in [-0.4, -0.2) is 19.0 Å². The van der Waals surface area contributed by atoms with Crippen LogP contribution in [0.1, 0.15) is 12.8 Å². The summed E-state index contributed by atoms with van der Waals surface area (Å²) in [5.41, 5.74) is 1.68. The zero-order valence-corrected chi connectivity index (χ0v) is 10.5. The number of anilines is 1. The minimum absolute atomic E-state index is 0.179. The van der Waals surface area contributed by atoms with Crippen molar-refractivity contribution in [2.75, 3.05) is 18.4 Å². The number of carbonyl (C=O) groups is 1. The van der Waals surface area contributed by atoms with E-state index >= 15 is 0 Å². The molecule has 2 aliphatic heterocycles. The fourth-order valence-electron chi connectivity index (χ4n) is 2.23. The van der Waals surface area contributed by atoms with Crippen molar-refractivity contribution >= 4 is 23.2 Å². The molecular formula is C13H13ClN2O2. The SMILES string of the molecule is O=C1Nc2cccc(Cl)c2OC1=C1CCNCC1. The molecule has 0 aliphatic carbocycles. The molecule has 1 aromatic rings. The van der Waals surface area contributed by atoms with Gasteiger partial charge in [0.2, 0.25) is 0 Å². The molecule has 0 spiro atoms. The van der Waals surface area contributed by atoms with E-state index < -0.39 is 0 Å². The zero-order valence-electron chi connectivity index (χ0n) is 9.75. The zero-order chi connectivity index (χ0) is 12.5. The number of benzene rings is 1. The number of hydrogen-bond acceptors (Lipinski definition) is 3. The van der Waals surface area contributed by atoms with Gasteiger partial charge in [-0.25, -0.2) is 0 Å². The van der Waals surface area contributed by atoms with E-state index in [4.69, 9.17) is 16.3 Å². The first-order valence-electron chi connectivity index (χ1n) is 5.96. The maximum Gasteiger partial charge on any atom is 0.291 e. The van der Waals surface area contributed by atoms with Crippen LogP contribution in [0.2, 0.25) is 5.02 Å². The second-order valence-corrected chi connectivity index (χ2v) is 4.76. The molecule has 0 unspecified atom stereocenters.